The van der Waals surface area contributed by atoms with Crippen molar-refractivity contribution in [2.24, 2.45) is 11.8 Å². The third-order valence-corrected chi connectivity index (χ3v) is 5.85. The molecular weight excluding hydrogens is 284 g/mol. The van der Waals surface area contributed by atoms with E-state index in [0.29, 0.717) is 16.5 Å². The second-order valence-electron chi connectivity index (χ2n) is 6.98. The number of nitrogens with zero attached hydrogens (tertiary/aromatic N) is 3. The van der Waals surface area contributed by atoms with E-state index >= 15 is 0 Å². The Labute approximate surface area is 130 Å². The number of para-hydroxylation sites is 1. The summed E-state index contributed by atoms with van der Waals surface area (Å²) in [4.78, 5) is 4.24. The van der Waals surface area contributed by atoms with Gasteiger partial charge in [0.2, 0.25) is 0 Å². The fourth-order valence-electron chi connectivity index (χ4n) is 4.30. The summed E-state index contributed by atoms with van der Waals surface area (Å²) >= 11 is 6.18. The summed E-state index contributed by atoms with van der Waals surface area (Å²) in [6, 6.07) is 5.83. The molecule has 110 valence electrons. The largest absolute Gasteiger partial charge is 0.480 e. The zero-order valence-electron chi connectivity index (χ0n) is 12.3. The van der Waals surface area contributed by atoms with Crippen molar-refractivity contribution in [2.75, 3.05) is 19.6 Å². The summed E-state index contributed by atoms with van der Waals surface area (Å²) in [5.41, 5.74) is 1.65. The average Bonchev–Trinajstić information content (AvgIpc) is 2.78. The highest BCUT2D eigenvalue weighted by atomic mass is 35.5. The van der Waals surface area contributed by atoms with Crippen LogP contribution in [0.4, 0.5) is 0 Å². The number of imidazole rings is 1. The quantitative estimate of drug-likeness (QED) is 0.859. The third kappa shape index (κ3) is 2.14. The van der Waals surface area contributed by atoms with Crippen LogP contribution in [-0.2, 0) is 6.54 Å². The molecule has 1 aromatic carbocycles. The number of aromatic nitrogens is 2. The Kier molecular flexibility index (Phi) is 2.98. The van der Waals surface area contributed by atoms with Crippen molar-refractivity contribution in [1.29, 1.82) is 0 Å². The smallest absolute Gasteiger partial charge is 0.372 e. The molecule has 1 atom stereocenters. The maximum Gasteiger partial charge on any atom is 0.372 e. The monoisotopic (exact) mass is 304 g/mol. The molecule has 1 N–H and O–H groups in total. The van der Waals surface area contributed by atoms with E-state index in [1.165, 1.54) is 36.9 Å². The maximum absolute atomic E-state index is 10.2. The first kappa shape index (κ1) is 13.5. The Morgan fingerprint density at radius 1 is 1.38 bits per heavy atom. The molecular formula is C15H20BClN3O+. The van der Waals surface area contributed by atoms with Crippen LogP contribution in [0.15, 0.2) is 18.2 Å². The van der Waals surface area contributed by atoms with Crippen molar-refractivity contribution in [2.45, 2.75) is 19.4 Å². The SMILES string of the molecule is B[N+]12CCC(CC1)C(Cn1c(O)nc3c(Cl)cccc31)C2. The van der Waals surface area contributed by atoms with Crippen molar-refractivity contribution in [1.82, 2.24) is 9.55 Å². The molecule has 21 heavy (non-hydrogen) atoms. The van der Waals surface area contributed by atoms with Crippen LogP contribution >= 0.6 is 11.6 Å². The first-order valence-electron chi connectivity index (χ1n) is 7.73. The lowest BCUT2D eigenvalue weighted by Gasteiger charge is -2.52. The van der Waals surface area contributed by atoms with E-state index in [1.54, 1.807) is 0 Å². The first-order valence-corrected chi connectivity index (χ1v) is 8.11. The average molecular weight is 305 g/mol. The molecule has 2 bridgehead atoms. The van der Waals surface area contributed by atoms with Gasteiger partial charge in [0.1, 0.15) is 5.52 Å². The second kappa shape index (κ2) is 4.65. The molecule has 2 aromatic rings. The lowest BCUT2D eigenvalue weighted by atomic mass is 9.75. The van der Waals surface area contributed by atoms with Gasteiger partial charge < -0.3 is 9.50 Å². The van der Waals surface area contributed by atoms with E-state index in [9.17, 15) is 5.11 Å². The molecule has 3 fully saturated rings. The van der Waals surface area contributed by atoms with Crippen LogP contribution in [-0.4, -0.2) is 46.7 Å². The molecule has 1 unspecified atom stereocenters. The van der Waals surface area contributed by atoms with E-state index in [2.05, 4.69) is 13.0 Å². The molecule has 0 amide bonds. The number of aromatic hydroxyl groups is 1. The molecule has 3 saturated heterocycles. The Hall–Kier alpha value is -1.20. The van der Waals surface area contributed by atoms with Gasteiger partial charge in [-0.25, -0.2) is 0 Å². The Balaban J connectivity index is 1.69. The third-order valence-electron chi connectivity index (χ3n) is 5.55. The molecule has 0 spiro atoms. The number of fused-ring (bicyclic) bond motifs is 4. The summed E-state index contributed by atoms with van der Waals surface area (Å²) in [6.45, 7) is 4.68. The maximum atomic E-state index is 10.2. The molecule has 4 heterocycles. The van der Waals surface area contributed by atoms with Gasteiger partial charge in [-0.3, -0.25) is 4.57 Å². The standard InChI is InChI=1S/C15H19BClN3O/c16-20-6-4-10(5-7-20)11(9-20)8-19-13-3-1-2-12(17)14(13)18-15(19)21/h1-3,10-11H,4-9,16H2/p+1. The normalized spacial score (nSPS) is 31.9. The summed E-state index contributed by atoms with van der Waals surface area (Å²) in [5.74, 6) is 1.42. The minimum Gasteiger partial charge on any atom is -0.480 e. The van der Waals surface area contributed by atoms with Gasteiger partial charge in [0.25, 0.3) is 6.01 Å². The Bertz CT molecular complexity index is 694. The van der Waals surface area contributed by atoms with E-state index in [4.69, 9.17) is 11.6 Å². The molecule has 0 radical (unpaired) electrons. The highest BCUT2D eigenvalue weighted by Crippen LogP contribution is 2.38. The minimum absolute atomic E-state index is 0.0946. The number of hydrogen-bond acceptors (Lipinski definition) is 2. The Morgan fingerprint density at radius 2 is 2.14 bits per heavy atom. The van der Waals surface area contributed by atoms with E-state index < -0.39 is 0 Å². The van der Waals surface area contributed by atoms with Gasteiger partial charge in [0, 0.05) is 12.5 Å². The van der Waals surface area contributed by atoms with E-state index in [1.807, 2.05) is 22.8 Å². The Morgan fingerprint density at radius 3 is 2.86 bits per heavy atom. The predicted octanol–water partition coefficient (Wildman–Crippen LogP) is 1.80. The predicted molar refractivity (Wildman–Crippen MR) is 86.0 cm³/mol. The number of benzene rings is 1. The highest BCUT2D eigenvalue weighted by Gasteiger charge is 2.42. The van der Waals surface area contributed by atoms with E-state index in [-0.39, 0.29) is 6.01 Å². The fourth-order valence-corrected chi connectivity index (χ4v) is 4.51. The van der Waals surface area contributed by atoms with Gasteiger partial charge in [-0.15, -0.1) is 0 Å². The van der Waals surface area contributed by atoms with Crippen LogP contribution in [0.25, 0.3) is 11.0 Å². The zero-order valence-corrected chi connectivity index (χ0v) is 13.1. The number of rotatable bonds is 2. The van der Waals surface area contributed by atoms with Crippen LogP contribution in [0, 0.1) is 11.8 Å². The second-order valence-corrected chi connectivity index (χ2v) is 7.38. The summed E-state index contributed by atoms with van der Waals surface area (Å²) < 4.78 is 3.13. The molecule has 1 aromatic heterocycles. The molecule has 3 aliphatic rings. The van der Waals surface area contributed by atoms with Gasteiger partial charge in [-0.1, -0.05) is 17.7 Å². The van der Waals surface area contributed by atoms with Gasteiger partial charge in [0.05, 0.1) is 30.2 Å². The number of quaternary nitrogens is 1. The molecule has 4 nitrogen and oxygen atoms in total. The van der Waals surface area contributed by atoms with Crippen LogP contribution in [0.5, 0.6) is 6.01 Å². The first-order chi connectivity index (χ1) is 10.1. The highest BCUT2D eigenvalue weighted by molar-refractivity contribution is 6.34. The van der Waals surface area contributed by atoms with E-state index in [0.717, 1.165) is 18.0 Å². The van der Waals surface area contributed by atoms with Crippen LogP contribution in [0.3, 0.4) is 0 Å². The van der Waals surface area contributed by atoms with Gasteiger partial charge >= 0.3 is 7.98 Å². The zero-order chi connectivity index (χ0) is 14.6. The lowest BCUT2D eigenvalue weighted by molar-refractivity contribution is -0.841. The minimum atomic E-state index is 0.0946. The molecule has 0 saturated carbocycles. The molecule has 3 aliphatic heterocycles. The van der Waals surface area contributed by atoms with Crippen molar-refractivity contribution >= 4 is 30.6 Å². The van der Waals surface area contributed by atoms with Crippen LogP contribution in [0.2, 0.25) is 5.02 Å². The number of hydrogen-bond donors (Lipinski definition) is 1. The van der Waals surface area contributed by atoms with Crippen molar-refractivity contribution in [3.8, 4) is 6.01 Å². The molecule has 5 rings (SSSR count). The lowest BCUT2D eigenvalue weighted by Crippen LogP contribution is -2.60. The van der Waals surface area contributed by atoms with Crippen molar-refractivity contribution in [3.63, 3.8) is 0 Å². The molecule has 0 aliphatic carbocycles. The molecule has 6 heteroatoms. The van der Waals surface area contributed by atoms with Crippen molar-refractivity contribution < 1.29 is 9.50 Å². The van der Waals surface area contributed by atoms with Gasteiger partial charge in [-0.05, 0) is 30.9 Å². The summed E-state index contributed by atoms with van der Waals surface area (Å²) in [6.07, 6.45) is 2.63. The number of halogens is 1. The topological polar surface area (TPSA) is 38.0 Å². The van der Waals surface area contributed by atoms with Crippen LogP contribution < -0.4 is 0 Å². The van der Waals surface area contributed by atoms with Gasteiger partial charge in [0.15, 0.2) is 0 Å². The fraction of sp³-hybridized carbons (Fsp3) is 0.533. The number of piperidine rings is 3. The van der Waals surface area contributed by atoms with Gasteiger partial charge in [-0.2, -0.15) is 4.98 Å². The van der Waals surface area contributed by atoms with Crippen molar-refractivity contribution in [3.05, 3.63) is 23.2 Å². The summed E-state index contributed by atoms with van der Waals surface area (Å²) in [5, 5.41) is 10.8. The summed E-state index contributed by atoms with van der Waals surface area (Å²) in [7, 11) is 2.37. The van der Waals surface area contributed by atoms with Crippen LogP contribution in [0.1, 0.15) is 12.8 Å².